The van der Waals surface area contributed by atoms with Crippen LogP contribution in [0.3, 0.4) is 0 Å². The van der Waals surface area contributed by atoms with E-state index in [4.69, 9.17) is 9.47 Å². The quantitative estimate of drug-likeness (QED) is 0.749. The summed E-state index contributed by atoms with van der Waals surface area (Å²) in [6.45, 7) is 12.1. The molecule has 0 N–H and O–H groups in total. The molecule has 0 aliphatic carbocycles. The Morgan fingerprint density at radius 2 is 1.56 bits per heavy atom. The Labute approximate surface area is 99.6 Å². The van der Waals surface area contributed by atoms with Crippen LogP contribution < -0.4 is 9.47 Å². The highest BCUT2D eigenvalue weighted by molar-refractivity contribution is 5.42. The Morgan fingerprint density at radius 3 is 2.00 bits per heavy atom. The van der Waals surface area contributed by atoms with Crippen molar-refractivity contribution < 1.29 is 9.47 Å². The molecular formula is C14H24O2. The first kappa shape index (κ1) is 14.8. The van der Waals surface area contributed by atoms with Crippen LogP contribution in [0.15, 0.2) is 18.2 Å². The van der Waals surface area contributed by atoms with Crippen LogP contribution in [0.4, 0.5) is 0 Å². The van der Waals surface area contributed by atoms with E-state index in [9.17, 15) is 0 Å². The van der Waals surface area contributed by atoms with E-state index in [1.165, 1.54) is 5.56 Å². The highest BCUT2D eigenvalue weighted by Crippen LogP contribution is 2.30. The molecule has 0 unspecified atom stereocenters. The Bertz CT molecular complexity index is 311. The van der Waals surface area contributed by atoms with Gasteiger partial charge < -0.3 is 9.47 Å². The SMILES string of the molecule is CC.COc1cc(C)ccc1OC(C)(C)C. The zero-order chi connectivity index (χ0) is 12.8. The molecule has 0 radical (unpaired) electrons. The molecule has 0 aliphatic heterocycles. The van der Waals surface area contributed by atoms with Crippen molar-refractivity contribution in [3.8, 4) is 11.5 Å². The van der Waals surface area contributed by atoms with Gasteiger partial charge in [0.2, 0.25) is 0 Å². The van der Waals surface area contributed by atoms with E-state index >= 15 is 0 Å². The minimum absolute atomic E-state index is 0.192. The molecule has 1 aromatic rings. The standard InChI is InChI=1S/C12H18O2.C2H6/c1-9-6-7-10(11(8-9)13-5)14-12(2,3)4;1-2/h6-8H,1-5H3;1-2H3. The third kappa shape index (κ3) is 5.06. The number of hydrogen-bond acceptors (Lipinski definition) is 2. The summed E-state index contributed by atoms with van der Waals surface area (Å²) in [6, 6.07) is 5.93. The molecule has 0 fully saturated rings. The van der Waals surface area contributed by atoms with Crippen LogP contribution in [-0.4, -0.2) is 12.7 Å². The van der Waals surface area contributed by atoms with Crippen molar-refractivity contribution in [3.63, 3.8) is 0 Å². The van der Waals surface area contributed by atoms with Crippen molar-refractivity contribution in [2.75, 3.05) is 7.11 Å². The lowest BCUT2D eigenvalue weighted by molar-refractivity contribution is 0.125. The van der Waals surface area contributed by atoms with Crippen LogP contribution in [0, 0.1) is 6.92 Å². The minimum Gasteiger partial charge on any atom is -0.493 e. The molecule has 0 spiro atoms. The van der Waals surface area contributed by atoms with Crippen molar-refractivity contribution in [3.05, 3.63) is 23.8 Å². The molecule has 2 heteroatoms. The molecule has 92 valence electrons. The molecule has 0 heterocycles. The second-order valence-corrected chi connectivity index (χ2v) is 4.37. The van der Waals surface area contributed by atoms with E-state index in [0.29, 0.717) is 0 Å². The summed E-state index contributed by atoms with van der Waals surface area (Å²) in [5, 5.41) is 0. The fraction of sp³-hybridized carbons (Fsp3) is 0.571. The monoisotopic (exact) mass is 224 g/mol. The second kappa shape index (κ2) is 6.41. The Hall–Kier alpha value is -1.18. The summed E-state index contributed by atoms with van der Waals surface area (Å²) < 4.78 is 11.0. The number of benzene rings is 1. The smallest absolute Gasteiger partial charge is 0.161 e. The van der Waals surface area contributed by atoms with Gasteiger partial charge in [0.05, 0.1) is 7.11 Å². The molecule has 0 amide bonds. The molecule has 1 aromatic carbocycles. The van der Waals surface area contributed by atoms with Crippen LogP contribution in [0.25, 0.3) is 0 Å². The van der Waals surface area contributed by atoms with Gasteiger partial charge in [-0.2, -0.15) is 0 Å². The molecule has 1 rings (SSSR count). The topological polar surface area (TPSA) is 18.5 Å². The fourth-order valence-corrected chi connectivity index (χ4v) is 1.19. The molecule has 0 aliphatic rings. The molecule has 0 atom stereocenters. The summed E-state index contributed by atoms with van der Waals surface area (Å²) in [4.78, 5) is 0. The van der Waals surface area contributed by atoms with E-state index in [1.807, 2.05) is 59.7 Å². The highest BCUT2D eigenvalue weighted by Gasteiger charge is 2.14. The van der Waals surface area contributed by atoms with Crippen LogP contribution in [-0.2, 0) is 0 Å². The first-order valence-electron chi connectivity index (χ1n) is 5.76. The van der Waals surface area contributed by atoms with Crippen molar-refractivity contribution in [2.24, 2.45) is 0 Å². The Morgan fingerprint density at radius 1 is 1.00 bits per heavy atom. The van der Waals surface area contributed by atoms with Crippen LogP contribution in [0.1, 0.15) is 40.2 Å². The van der Waals surface area contributed by atoms with Crippen LogP contribution >= 0.6 is 0 Å². The molecule has 0 saturated carbocycles. The Kier molecular flexibility index (Phi) is 5.94. The van der Waals surface area contributed by atoms with E-state index in [2.05, 4.69) is 0 Å². The van der Waals surface area contributed by atoms with Gasteiger partial charge in [0.1, 0.15) is 5.60 Å². The van der Waals surface area contributed by atoms with Gasteiger partial charge >= 0.3 is 0 Å². The average Bonchev–Trinajstić information content (AvgIpc) is 2.22. The first-order chi connectivity index (χ1) is 7.42. The van der Waals surface area contributed by atoms with E-state index in [1.54, 1.807) is 7.11 Å². The summed E-state index contributed by atoms with van der Waals surface area (Å²) in [5.41, 5.74) is 0.978. The Balaban J connectivity index is 0.00000106. The lowest BCUT2D eigenvalue weighted by Crippen LogP contribution is -2.23. The first-order valence-corrected chi connectivity index (χ1v) is 5.76. The maximum absolute atomic E-state index is 5.75. The summed E-state index contributed by atoms with van der Waals surface area (Å²) in [6.07, 6.45) is 0. The van der Waals surface area contributed by atoms with Gasteiger partial charge in [0, 0.05) is 0 Å². The molecular weight excluding hydrogens is 200 g/mol. The number of hydrogen-bond donors (Lipinski definition) is 0. The zero-order valence-corrected chi connectivity index (χ0v) is 11.5. The molecule has 0 saturated heterocycles. The molecule has 0 bridgehead atoms. The van der Waals surface area contributed by atoms with Gasteiger partial charge in [-0.15, -0.1) is 0 Å². The largest absolute Gasteiger partial charge is 0.493 e. The van der Waals surface area contributed by atoms with Crippen LogP contribution in [0.2, 0.25) is 0 Å². The predicted octanol–water partition coefficient (Wildman–Crippen LogP) is 4.21. The van der Waals surface area contributed by atoms with Gasteiger partial charge in [-0.25, -0.2) is 0 Å². The van der Waals surface area contributed by atoms with Gasteiger partial charge in [0.25, 0.3) is 0 Å². The maximum Gasteiger partial charge on any atom is 0.161 e. The third-order valence-electron chi connectivity index (χ3n) is 1.74. The lowest BCUT2D eigenvalue weighted by Gasteiger charge is -2.22. The minimum atomic E-state index is -0.192. The van der Waals surface area contributed by atoms with Crippen molar-refractivity contribution in [2.45, 2.75) is 47.1 Å². The molecule has 0 aromatic heterocycles. The fourth-order valence-electron chi connectivity index (χ4n) is 1.19. The van der Waals surface area contributed by atoms with Crippen LogP contribution in [0.5, 0.6) is 11.5 Å². The van der Waals surface area contributed by atoms with Crippen molar-refractivity contribution in [1.29, 1.82) is 0 Å². The van der Waals surface area contributed by atoms with Gasteiger partial charge in [0.15, 0.2) is 11.5 Å². The van der Waals surface area contributed by atoms with Gasteiger partial charge in [-0.1, -0.05) is 19.9 Å². The average molecular weight is 224 g/mol. The summed E-state index contributed by atoms with van der Waals surface area (Å²) >= 11 is 0. The highest BCUT2D eigenvalue weighted by atomic mass is 16.5. The third-order valence-corrected chi connectivity index (χ3v) is 1.74. The number of rotatable bonds is 2. The second-order valence-electron chi connectivity index (χ2n) is 4.37. The summed E-state index contributed by atoms with van der Waals surface area (Å²) in [5.74, 6) is 1.59. The van der Waals surface area contributed by atoms with E-state index < -0.39 is 0 Å². The molecule has 2 nitrogen and oxygen atoms in total. The van der Waals surface area contributed by atoms with Gasteiger partial charge in [-0.3, -0.25) is 0 Å². The van der Waals surface area contributed by atoms with Crippen molar-refractivity contribution >= 4 is 0 Å². The number of ether oxygens (including phenoxy) is 2. The predicted molar refractivity (Wildman–Crippen MR) is 69.5 cm³/mol. The van der Waals surface area contributed by atoms with Crippen molar-refractivity contribution in [1.82, 2.24) is 0 Å². The number of methoxy groups -OCH3 is 1. The van der Waals surface area contributed by atoms with E-state index in [-0.39, 0.29) is 5.60 Å². The molecule has 16 heavy (non-hydrogen) atoms. The lowest BCUT2D eigenvalue weighted by atomic mass is 10.1. The van der Waals surface area contributed by atoms with E-state index in [0.717, 1.165) is 11.5 Å². The summed E-state index contributed by atoms with van der Waals surface area (Å²) in [7, 11) is 1.66. The van der Waals surface area contributed by atoms with Gasteiger partial charge in [-0.05, 0) is 45.4 Å². The normalized spacial score (nSPS) is 10.2. The number of aryl methyl sites for hydroxylation is 1. The zero-order valence-electron chi connectivity index (χ0n) is 11.5. The maximum atomic E-state index is 5.75.